The number of ether oxygens (including phenoxy) is 2. The molecule has 0 saturated carbocycles. The van der Waals surface area contributed by atoms with E-state index in [2.05, 4.69) is 10.2 Å². The Morgan fingerprint density at radius 2 is 1.73 bits per heavy atom. The highest BCUT2D eigenvalue weighted by molar-refractivity contribution is 6.05. The van der Waals surface area contributed by atoms with Crippen molar-refractivity contribution in [2.24, 2.45) is 0 Å². The standard InChI is InChI=1S/C23H23FN4O5/c24-16-2-4-17(5-3-16)26-7-9-27(10-8-26)21(29)12-18-22(30)28(23(31)25-18)13-15-1-6-19-20(11-15)33-14-32-19/h1-6,11,18H,7-10,12-14H2,(H,25,31)/t18-/m1/s1. The number of benzene rings is 2. The van der Waals surface area contributed by atoms with Crippen molar-refractivity contribution in [3.63, 3.8) is 0 Å². The van der Waals surface area contributed by atoms with Gasteiger partial charge in [-0.1, -0.05) is 6.07 Å². The summed E-state index contributed by atoms with van der Waals surface area (Å²) in [6.45, 7) is 2.43. The van der Waals surface area contributed by atoms with Gasteiger partial charge in [0.05, 0.1) is 13.0 Å². The molecule has 2 aromatic carbocycles. The first-order valence-electron chi connectivity index (χ1n) is 10.8. The van der Waals surface area contributed by atoms with Crippen LogP contribution in [0.1, 0.15) is 12.0 Å². The monoisotopic (exact) mass is 454 g/mol. The molecule has 0 aliphatic carbocycles. The summed E-state index contributed by atoms with van der Waals surface area (Å²) in [5.74, 6) is 0.307. The molecule has 0 bridgehead atoms. The van der Waals surface area contributed by atoms with Crippen molar-refractivity contribution in [2.75, 3.05) is 37.9 Å². The predicted molar refractivity (Wildman–Crippen MR) is 115 cm³/mol. The molecule has 2 fully saturated rings. The molecule has 2 saturated heterocycles. The molecule has 0 radical (unpaired) electrons. The van der Waals surface area contributed by atoms with E-state index in [1.807, 2.05) is 0 Å². The van der Waals surface area contributed by atoms with Crippen molar-refractivity contribution >= 4 is 23.5 Å². The number of halogens is 1. The average molecular weight is 454 g/mol. The van der Waals surface area contributed by atoms with Gasteiger partial charge in [-0.3, -0.25) is 14.5 Å². The van der Waals surface area contributed by atoms with Crippen LogP contribution in [0.15, 0.2) is 42.5 Å². The number of hydrogen-bond donors (Lipinski definition) is 1. The molecule has 1 atom stereocenters. The van der Waals surface area contributed by atoms with Crippen LogP contribution in [0.4, 0.5) is 14.9 Å². The Hall–Kier alpha value is -3.82. The van der Waals surface area contributed by atoms with E-state index in [4.69, 9.17) is 9.47 Å². The summed E-state index contributed by atoms with van der Waals surface area (Å²) in [6, 6.07) is 10.1. The lowest BCUT2D eigenvalue weighted by Gasteiger charge is -2.36. The second-order valence-corrected chi connectivity index (χ2v) is 8.16. The van der Waals surface area contributed by atoms with Crippen LogP contribution in [0.25, 0.3) is 0 Å². The second kappa shape index (κ2) is 8.61. The van der Waals surface area contributed by atoms with Gasteiger partial charge < -0.3 is 24.6 Å². The summed E-state index contributed by atoms with van der Waals surface area (Å²) < 4.78 is 23.8. The van der Waals surface area contributed by atoms with E-state index in [1.54, 1.807) is 35.2 Å². The first-order valence-corrected chi connectivity index (χ1v) is 10.8. The molecule has 3 aliphatic rings. The van der Waals surface area contributed by atoms with Gasteiger partial charge in [0.15, 0.2) is 11.5 Å². The van der Waals surface area contributed by atoms with Gasteiger partial charge in [0.25, 0.3) is 5.91 Å². The fourth-order valence-electron chi connectivity index (χ4n) is 4.26. The molecular formula is C23H23FN4O5. The Morgan fingerprint density at radius 1 is 1.00 bits per heavy atom. The van der Waals surface area contributed by atoms with Crippen molar-refractivity contribution < 1.29 is 28.2 Å². The molecule has 10 heteroatoms. The maximum Gasteiger partial charge on any atom is 0.325 e. The molecule has 4 amide bonds. The van der Waals surface area contributed by atoms with Crippen LogP contribution >= 0.6 is 0 Å². The molecule has 1 N–H and O–H groups in total. The van der Waals surface area contributed by atoms with E-state index < -0.39 is 18.0 Å². The van der Waals surface area contributed by atoms with Crippen LogP contribution in [0, 0.1) is 5.82 Å². The van der Waals surface area contributed by atoms with E-state index in [0.717, 1.165) is 16.2 Å². The van der Waals surface area contributed by atoms with E-state index in [0.29, 0.717) is 37.7 Å². The molecular weight excluding hydrogens is 431 g/mol. The van der Waals surface area contributed by atoms with E-state index >= 15 is 0 Å². The molecule has 9 nitrogen and oxygen atoms in total. The SMILES string of the molecule is O=C(C[C@H]1NC(=O)N(Cc2ccc3c(c2)OCO3)C1=O)N1CCN(c2ccc(F)cc2)CC1. The van der Waals surface area contributed by atoms with Gasteiger partial charge in [0.1, 0.15) is 11.9 Å². The van der Waals surface area contributed by atoms with Crippen LogP contribution in [0.3, 0.4) is 0 Å². The van der Waals surface area contributed by atoms with Gasteiger partial charge in [-0.15, -0.1) is 0 Å². The van der Waals surface area contributed by atoms with Crippen molar-refractivity contribution in [3.05, 3.63) is 53.8 Å². The lowest BCUT2D eigenvalue weighted by molar-refractivity contribution is -0.136. The molecule has 0 unspecified atom stereocenters. The van der Waals surface area contributed by atoms with Crippen LogP contribution in [0.2, 0.25) is 0 Å². The Labute approximate surface area is 189 Å². The third-order valence-electron chi connectivity index (χ3n) is 6.09. The molecule has 33 heavy (non-hydrogen) atoms. The zero-order chi connectivity index (χ0) is 22.9. The molecule has 5 rings (SSSR count). The van der Waals surface area contributed by atoms with Gasteiger partial charge in [0, 0.05) is 31.9 Å². The summed E-state index contributed by atoms with van der Waals surface area (Å²) in [7, 11) is 0. The number of fused-ring (bicyclic) bond motifs is 1. The third-order valence-corrected chi connectivity index (χ3v) is 6.09. The maximum atomic E-state index is 13.1. The average Bonchev–Trinajstić information content (AvgIpc) is 3.39. The minimum atomic E-state index is -0.880. The quantitative estimate of drug-likeness (QED) is 0.692. The van der Waals surface area contributed by atoms with Gasteiger partial charge in [-0.05, 0) is 42.0 Å². The van der Waals surface area contributed by atoms with Crippen molar-refractivity contribution in [2.45, 2.75) is 19.0 Å². The molecule has 0 spiro atoms. The predicted octanol–water partition coefficient (Wildman–Crippen LogP) is 1.71. The summed E-state index contributed by atoms with van der Waals surface area (Å²) in [5, 5.41) is 2.62. The molecule has 172 valence electrons. The fourth-order valence-corrected chi connectivity index (χ4v) is 4.26. The Kier molecular flexibility index (Phi) is 5.49. The second-order valence-electron chi connectivity index (χ2n) is 8.16. The minimum Gasteiger partial charge on any atom is -0.454 e. The van der Waals surface area contributed by atoms with Crippen molar-refractivity contribution in [3.8, 4) is 11.5 Å². The number of carbonyl (C=O) groups excluding carboxylic acids is 3. The summed E-state index contributed by atoms with van der Waals surface area (Å²) in [4.78, 5) is 42.9. The number of carbonyl (C=O) groups is 3. The highest BCUT2D eigenvalue weighted by atomic mass is 19.1. The van der Waals surface area contributed by atoms with Crippen molar-refractivity contribution in [1.29, 1.82) is 0 Å². The van der Waals surface area contributed by atoms with Crippen LogP contribution in [-0.4, -0.2) is 66.7 Å². The number of urea groups is 1. The number of nitrogens with one attached hydrogen (secondary N) is 1. The topological polar surface area (TPSA) is 91.4 Å². The van der Waals surface area contributed by atoms with Crippen LogP contribution < -0.4 is 19.7 Å². The fraction of sp³-hybridized carbons (Fsp3) is 0.348. The molecule has 3 aliphatic heterocycles. The summed E-state index contributed by atoms with van der Waals surface area (Å²) in [6.07, 6.45) is -0.0846. The first-order chi connectivity index (χ1) is 16.0. The number of anilines is 1. The molecule has 2 aromatic rings. The zero-order valence-electron chi connectivity index (χ0n) is 17.8. The lowest BCUT2D eigenvalue weighted by atomic mass is 10.1. The highest BCUT2D eigenvalue weighted by Crippen LogP contribution is 2.33. The number of nitrogens with zero attached hydrogens (tertiary/aromatic N) is 3. The number of piperazine rings is 1. The molecule has 0 aromatic heterocycles. The van der Waals surface area contributed by atoms with Crippen LogP contribution in [0.5, 0.6) is 11.5 Å². The first kappa shape index (κ1) is 21.0. The minimum absolute atomic E-state index is 0.0846. The number of imide groups is 1. The normalized spacial score (nSPS) is 19.8. The summed E-state index contributed by atoms with van der Waals surface area (Å²) in [5.41, 5.74) is 1.63. The lowest BCUT2D eigenvalue weighted by Crippen LogP contribution is -2.50. The van der Waals surface area contributed by atoms with Gasteiger partial charge >= 0.3 is 6.03 Å². The van der Waals surface area contributed by atoms with Gasteiger partial charge in [-0.2, -0.15) is 0 Å². The Balaban J connectivity index is 1.15. The largest absolute Gasteiger partial charge is 0.454 e. The highest BCUT2D eigenvalue weighted by Gasteiger charge is 2.40. The zero-order valence-corrected chi connectivity index (χ0v) is 17.8. The number of hydrogen-bond acceptors (Lipinski definition) is 6. The maximum absolute atomic E-state index is 13.1. The van der Waals surface area contributed by atoms with Crippen molar-refractivity contribution in [1.82, 2.24) is 15.1 Å². The number of rotatable bonds is 5. The summed E-state index contributed by atoms with van der Waals surface area (Å²) >= 11 is 0. The van der Waals surface area contributed by atoms with E-state index in [-0.39, 0.29) is 31.5 Å². The van der Waals surface area contributed by atoms with E-state index in [1.165, 1.54) is 12.1 Å². The third kappa shape index (κ3) is 4.28. The Morgan fingerprint density at radius 3 is 2.48 bits per heavy atom. The van der Waals surface area contributed by atoms with Gasteiger partial charge in [0.2, 0.25) is 12.7 Å². The van der Waals surface area contributed by atoms with E-state index in [9.17, 15) is 18.8 Å². The van der Waals surface area contributed by atoms with Gasteiger partial charge in [-0.25, -0.2) is 9.18 Å². The Bertz CT molecular complexity index is 1080. The van der Waals surface area contributed by atoms with Crippen LogP contribution in [-0.2, 0) is 16.1 Å². The molecule has 3 heterocycles. The smallest absolute Gasteiger partial charge is 0.325 e. The number of amides is 4.